The zero-order valence-corrected chi connectivity index (χ0v) is 17.5. The first-order valence-corrected chi connectivity index (χ1v) is 8.59. The van der Waals surface area contributed by atoms with Crippen LogP contribution in [-0.4, -0.2) is 100 Å². The highest BCUT2D eigenvalue weighted by atomic mass is 16.7. The van der Waals surface area contributed by atoms with Gasteiger partial charge < -0.3 is 23.8 Å². The second-order valence-corrected chi connectivity index (χ2v) is 5.46. The summed E-state index contributed by atoms with van der Waals surface area (Å²) in [6, 6.07) is 0. The van der Waals surface area contributed by atoms with E-state index in [4.69, 9.17) is 4.74 Å². The van der Waals surface area contributed by atoms with Crippen molar-refractivity contribution in [3.63, 3.8) is 0 Å². The van der Waals surface area contributed by atoms with E-state index >= 15 is 0 Å². The molecule has 0 unspecified atom stereocenters. The third kappa shape index (κ3) is 13.2. The predicted octanol–water partition coefficient (Wildman–Crippen LogP) is -1.62. The minimum atomic E-state index is -0.940. The highest BCUT2D eigenvalue weighted by Crippen LogP contribution is 1.93. The molecular formula is C18H24N2O11. The van der Waals surface area contributed by atoms with E-state index in [2.05, 4.69) is 19.0 Å². The molecule has 0 heterocycles. The number of hydrogen-bond donors (Lipinski definition) is 0. The van der Waals surface area contributed by atoms with Crippen LogP contribution in [-0.2, 0) is 52.6 Å². The van der Waals surface area contributed by atoms with Crippen LogP contribution in [0.25, 0.3) is 0 Å². The van der Waals surface area contributed by atoms with Crippen LogP contribution in [0, 0.1) is 0 Å². The first-order chi connectivity index (χ1) is 14.6. The molecule has 172 valence electrons. The van der Waals surface area contributed by atoms with Gasteiger partial charge in [-0.2, -0.15) is 0 Å². The van der Waals surface area contributed by atoms with E-state index in [9.17, 15) is 28.8 Å². The lowest BCUT2D eigenvalue weighted by molar-refractivity contribution is -0.175. The molecule has 0 aliphatic heterocycles. The van der Waals surface area contributed by atoms with E-state index in [0.29, 0.717) is 0 Å². The number of nitrogens with zero attached hydrogens (tertiary/aromatic N) is 2. The molecule has 0 atom stereocenters. The number of rotatable bonds is 12. The van der Waals surface area contributed by atoms with Gasteiger partial charge in [-0.25, -0.2) is 24.2 Å². The molecule has 0 aliphatic rings. The highest BCUT2D eigenvalue weighted by molar-refractivity contribution is 5.93. The van der Waals surface area contributed by atoms with E-state index in [0.717, 1.165) is 41.4 Å². The molecule has 0 aromatic carbocycles. The third-order valence-electron chi connectivity index (χ3n) is 3.31. The SMILES string of the molecule is COC(=O)/C=C/C(=O)OCC(=O)N(C)CCOC(=O)/C=C/C(=O)OCC(=O)N(C)OC. The molecule has 13 heteroatoms. The average Bonchev–Trinajstić information content (AvgIpc) is 2.76. The van der Waals surface area contributed by atoms with Crippen molar-refractivity contribution in [2.75, 3.05) is 54.7 Å². The van der Waals surface area contributed by atoms with Crippen LogP contribution in [0.1, 0.15) is 0 Å². The van der Waals surface area contributed by atoms with Crippen LogP contribution >= 0.6 is 0 Å². The van der Waals surface area contributed by atoms with Crippen LogP contribution in [0.2, 0.25) is 0 Å². The van der Waals surface area contributed by atoms with Crippen molar-refractivity contribution in [2.24, 2.45) is 0 Å². The van der Waals surface area contributed by atoms with E-state index in [1.807, 2.05) is 0 Å². The summed E-state index contributed by atoms with van der Waals surface area (Å²) in [4.78, 5) is 74.0. The van der Waals surface area contributed by atoms with E-state index in [1.165, 1.54) is 21.2 Å². The largest absolute Gasteiger partial charge is 0.466 e. The number of likely N-dealkylation sites (N-methyl/N-ethyl adjacent to an activating group) is 2. The summed E-state index contributed by atoms with van der Waals surface area (Å²) in [6.45, 7) is -1.37. The van der Waals surface area contributed by atoms with Gasteiger partial charge in [0.2, 0.25) is 0 Å². The Kier molecular flexibility index (Phi) is 13.3. The van der Waals surface area contributed by atoms with Crippen LogP contribution in [0.3, 0.4) is 0 Å². The fraction of sp³-hybridized carbons (Fsp3) is 0.444. The molecule has 0 aliphatic carbocycles. The first kappa shape index (κ1) is 27.3. The van der Waals surface area contributed by atoms with E-state index < -0.39 is 48.9 Å². The normalized spacial score (nSPS) is 10.5. The van der Waals surface area contributed by atoms with Crippen LogP contribution in [0.15, 0.2) is 24.3 Å². The average molecular weight is 444 g/mol. The summed E-state index contributed by atoms with van der Waals surface area (Å²) in [6.07, 6.45) is 3.22. The zero-order chi connectivity index (χ0) is 23.8. The number of ether oxygens (including phenoxy) is 4. The summed E-state index contributed by atoms with van der Waals surface area (Å²) >= 11 is 0. The minimum Gasteiger partial charge on any atom is -0.466 e. The van der Waals surface area contributed by atoms with Crippen molar-refractivity contribution in [1.29, 1.82) is 0 Å². The Morgan fingerprint density at radius 2 is 1.13 bits per heavy atom. The Labute approximate surface area is 178 Å². The van der Waals surface area contributed by atoms with Crippen molar-refractivity contribution < 1.29 is 52.6 Å². The second-order valence-electron chi connectivity index (χ2n) is 5.46. The number of esters is 4. The topological polar surface area (TPSA) is 155 Å². The van der Waals surface area contributed by atoms with Crippen LogP contribution in [0.5, 0.6) is 0 Å². The van der Waals surface area contributed by atoms with E-state index in [1.54, 1.807) is 0 Å². The molecule has 0 rings (SSSR count). The molecule has 0 N–H and O–H groups in total. The number of carbonyl (C=O) groups is 6. The number of carbonyl (C=O) groups excluding carboxylic acids is 6. The number of hydroxylamine groups is 2. The molecule has 0 fully saturated rings. The lowest BCUT2D eigenvalue weighted by atomic mass is 10.4. The van der Waals surface area contributed by atoms with Crippen LogP contribution in [0.4, 0.5) is 0 Å². The van der Waals surface area contributed by atoms with Gasteiger partial charge in [-0.3, -0.25) is 14.4 Å². The molecule has 31 heavy (non-hydrogen) atoms. The minimum absolute atomic E-state index is 0.0176. The standard InChI is InChI=1S/C18H24N2O11/c1-19(13(21)11-30-17(25)6-5-15(23)27-3)9-10-29-16(24)7-8-18(26)31-12-14(22)20(2)28-4/h5-8H,9-12H2,1-4H3/b6-5+,8-7+. The maximum absolute atomic E-state index is 11.8. The van der Waals surface area contributed by atoms with Crippen LogP contribution < -0.4 is 0 Å². The van der Waals surface area contributed by atoms with Crippen molar-refractivity contribution in [3.05, 3.63) is 24.3 Å². The summed E-state index contributed by atoms with van der Waals surface area (Å²) in [7, 11) is 5.11. The third-order valence-corrected chi connectivity index (χ3v) is 3.31. The van der Waals surface area contributed by atoms with Gasteiger partial charge in [0.1, 0.15) is 6.61 Å². The molecule has 0 spiro atoms. The van der Waals surface area contributed by atoms with Crippen molar-refractivity contribution in [1.82, 2.24) is 9.96 Å². The highest BCUT2D eigenvalue weighted by Gasteiger charge is 2.12. The van der Waals surface area contributed by atoms with Gasteiger partial charge >= 0.3 is 23.9 Å². The summed E-state index contributed by atoms with van der Waals surface area (Å²) < 4.78 is 18.3. The van der Waals surface area contributed by atoms with Gasteiger partial charge in [0, 0.05) is 38.4 Å². The lowest BCUT2D eigenvalue weighted by Crippen LogP contribution is -2.34. The summed E-state index contributed by atoms with van der Waals surface area (Å²) in [5.41, 5.74) is 0. The maximum atomic E-state index is 11.8. The monoisotopic (exact) mass is 444 g/mol. The smallest absolute Gasteiger partial charge is 0.331 e. The molecule has 0 aromatic rings. The molecule has 0 aromatic heterocycles. The number of methoxy groups -OCH3 is 1. The second kappa shape index (κ2) is 15.1. The molecular weight excluding hydrogens is 420 g/mol. The van der Waals surface area contributed by atoms with Crippen molar-refractivity contribution in [3.8, 4) is 0 Å². The summed E-state index contributed by atoms with van der Waals surface area (Å²) in [5, 5.41) is 0.864. The van der Waals surface area contributed by atoms with E-state index in [-0.39, 0.29) is 13.2 Å². The van der Waals surface area contributed by atoms with Gasteiger partial charge in [-0.1, -0.05) is 0 Å². The molecule has 0 saturated heterocycles. The fourth-order valence-corrected chi connectivity index (χ4v) is 1.46. The number of amides is 2. The predicted molar refractivity (Wildman–Crippen MR) is 101 cm³/mol. The first-order valence-electron chi connectivity index (χ1n) is 8.59. The van der Waals surface area contributed by atoms with Crippen molar-refractivity contribution in [2.45, 2.75) is 0 Å². The molecule has 0 saturated carbocycles. The Hall–Kier alpha value is -3.74. The maximum Gasteiger partial charge on any atom is 0.331 e. The Bertz CT molecular complexity index is 730. The van der Waals surface area contributed by atoms with Gasteiger partial charge in [-0.05, 0) is 0 Å². The number of hydrogen-bond acceptors (Lipinski definition) is 11. The fourth-order valence-electron chi connectivity index (χ4n) is 1.46. The lowest BCUT2D eigenvalue weighted by Gasteiger charge is -2.16. The molecule has 0 bridgehead atoms. The van der Waals surface area contributed by atoms with Gasteiger partial charge in [0.05, 0.1) is 20.8 Å². The van der Waals surface area contributed by atoms with Gasteiger partial charge in [0.25, 0.3) is 11.8 Å². The Morgan fingerprint density at radius 1 is 0.677 bits per heavy atom. The van der Waals surface area contributed by atoms with Gasteiger partial charge in [0.15, 0.2) is 13.2 Å². The Balaban J connectivity index is 4.14. The molecule has 0 radical (unpaired) electrons. The Morgan fingerprint density at radius 3 is 1.61 bits per heavy atom. The molecule has 2 amide bonds. The summed E-state index contributed by atoms with van der Waals surface area (Å²) in [5.74, 6) is -4.67. The zero-order valence-electron chi connectivity index (χ0n) is 17.5. The van der Waals surface area contributed by atoms with Crippen molar-refractivity contribution >= 4 is 35.7 Å². The van der Waals surface area contributed by atoms with Gasteiger partial charge in [-0.15, -0.1) is 0 Å². The quantitative estimate of drug-likeness (QED) is 0.148. The molecule has 13 nitrogen and oxygen atoms in total.